The summed E-state index contributed by atoms with van der Waals surface area (Å²) in [6, 6.07) is 7.81. The summed E-state index contributed by atoms with van der Waals surface area (Å²) in [4.78, 5) is 0. The molecule has 26 heavy (non-hydrogen) atoms. The Morgan fingerprint density at radius 3 is 2.31 bits per heavy atom. The van der Waals surface area contributed by atoms with Crippen molar-refractivity contribution in [2.24, 2.45) is 5.73 Å². The van der Waals surface area contributed by atoms with Gasteiger partial charge in [-0.3, -0.25) is 0 Å². The van der Waals surface area contributed by atoms with Crippen LogP contribution in [0.3, 0.4) is 0 Å². The molecular formula is C19H17F5N2. The lowest BCUT2D eigenvalue weighted by Crippen LogP contribution is -2.18. The van der Waals surface area contributed by atoms with Crippen LogP contribution in [-0.2, 0) is 6.18 Å². The Labute approximate surface area is 147 Å². The number of halogens is 5. The molecule has 3 N–H and O–H groups in total. The summed E-state index contributed by atoms with van der Waals surface area (Å²) in [5.41, 5.74) is 4.92. The molecule has 2 rings (SSSR count). The molecule has 7 heteroatoms. The fraction of sp³-hybridized carbons (Fsp3) is 0.158. The van der Waals surface area contributed by atoms with E-state index in [0.717, 1.165) is 18.2 Å². The van der Waals surface area contributed by atoms with Gasteiger partial charge >= 0.3 is 6.18 Å². The Morgan fingerprint density at radius 1 is 1.08 bits per heavy atom. The molecule has 1 unspecified atom stereocenters. The van der Waals surface area contributed by atoms with Crippen LogP contribution in [0.15, 0.2) is 61.3 Å². The molecule has 0 bridgehead atoms. The van der Waals surface area contributed by atoms with Gasteiger partial charge in [0.05, 0.1) is 5.56 Å². The van der Waals surface area contributed by atoms with Crippen molar-refractivity contribution >= 4 is 11.3 Å². The molecule has 138 valence electrons. The van der Waals surface area contributed by atoms with E-state index in [0.29, 0.717) is 0 Å². The van der Waals surface area contributed by atoms with Gasteiger partial charge in [-0.05, 0) is 42.0 Å². The summed E-state index contributed by atoms with van der Waals surface area (Å²) in [6.07, 6.45) is -1.81. The van der Waals surface area contributed by atoms with Gasteiger partial charge in [-0.1, -0.05) is 36.9 Å². The molecule has 0 saturated carbocycles. The Hall–Kier alpha value is -2.67. The number of rotatable bonds is 6. The highest BCUT2D eigenvalue weighted by atomic mass is 19.4. The van der Waals surface area contributed by atoms with Crippen LogP contribution in [-0.4, -0.2) is 6.04 Å². The van der Waals surface area contributed by atoms with Gasteiger partial charge in [0.25, 0.3) is 0 Å². The van der Waals surface area contributed by atoms with E-state index >= 15 is 0 Å². The molecule has 0 aromatic heterocycles. The molecule has 0 radical (unpaired) electrons. The minimum absolute atomic E-state index is 0.0306. The summed E-state index contributed by atoms with van der Waals surface area (Å²) < 4.78 is 66.1. The second kappa shape index (κ2) is 8.14. The van der Waals surface area contributed by atoms with Crippen LogP contribution in [0.5, 0.6) is 0 Å². The van der Waals surface area contributed by atoms with Gasteiger partial charge in [0.2, 0.25) is 0 Å². The zero-order valence-corrected chi connectivity index (χ0v) is 13.7. The van der Waals surface area contributed by atoms with Crippen LogP contribution in [0.1, 0.15) is 17.5 Å². The van der Waals surface area contributed by atoms with Gasteiger partial charge in [-0.2, -0.15) is 13.2 Å². The lowest BCUT2D eigenvalue weighted by molar-refractivity contribution is -0.137. The first kappa shape index (κ1) is 19.7. The van der Waals surface area contributed by atoms with E-state index < -0.39 is 29.4 Å². The van der Waals surface area contributed by atoms with Gasteiger partial charge < -0.3 is 11.1 Å². The van der Waals surface area contributed by atoms with Crippen LogP contribution in [0.4, 0.5) is 27.6 Å². The van der Waals surface area contributed by atoms with E-state index in [1.807, 2.05) is 0 Å². The number of para-hydroxylation sites is 1. The molecule has 0 saturated heterocycles. The SMILES string of the molecule is C=C(CC(N)/C=C\Nc1c(F)cccc1F)c1ccccc1C(F)(F)F. The van der Waals surface area contributed by atoms with Crippen molar-refractivity contribution in [2.45, 2.75) is 18.6 Å². The molecule has 0 aliphatic heterocycles. The van der Waals surface area contributed by atoms with Gasteiger partial charge in [0.1, 0.15) is 17.3 Å². The summed E-state index contributed by atoms with van der Waals surface area (Å²) in [5, 5.41) is 2.44. The molecule has 0 spiro atoms. The maximum atomic E-state index is 13.5. The monoisotopic (exact) mass is 368 g/mol. The highest BCUT2D eigenvalue weighted by Crippen LogP contribution is 2.35. The predicted octanol–water partition coefficient (Wildman–Crippen LogP) is 5.34. The summed E-state index contributed by atoms with van der Waals surface area (Å²) in [7, 11) is 0. The maximum Gasteiger partial charge on any atom is 0.416 e. The second-order valence-corrected chi connectivity index (χ2v) is 5.61. The van der Waals surface area contributed by atoms with E-state index in [1.54, 1.807) is 0 Å². The topological polar surface area (TPSA) is 38.0 Å². The average Bonchev–Trinajstić information content (AvgIpc) is 2.56. The number of hydrogen-bond acceptors (Lipinski definition) is 2. The fourth-order valence-electron chi connectivity index (χ4n) is 2.39. The Bertz CT molecular complexity index is 792. The van der Waals surface area contributed by atoms with Gasteiger partial charge in [-0.15, -0.1) is 0 Å². The summed E-state index contributed by atoms with van der Waals surface area (Å²) in [5.74, 6) is -1.54. The van der Waals surface area contributed by atoms with Crippen molar-refractivity contribution in [3.8, 4) is 0 Å². The van der Waals surface area contributed by atoms with Crippen LogP contribution in [0, 0.1) is 11.6 Å². The van der Waals surface area contributed by atoms with Crippen LogP contribution in [0.25, 0.3) is 5.57 Å². The third-order valence-electron chi connectivity index (χ3n) is 3.63. The molecule has 0 aliphatic rings. The van der Waals surface area contributed by atoms with Crippen molar-refractivity contribution in [1.29, 1.82) is 0 Å². The number of nitrogens with two attached hydrogens (primary N) is 1. The number of hydrogen-bond donors (Lipinski definition) is 2. The number of benzene rings is 2. The molecule has 0 heterocycles. The second-order valence-electron chi connectivity index (χ2n) is 5.61. The lowest BCUT2D eigenvalue weighted by atomic mass is 9.95. The highest BCUT2D eigenvalue weighted by Gasteiger charge is 2.33. The summed E-state index contributed by atoms with van der Waals surface area (Å²) in [6.45, 7) is 3.68. The molecule has 1 atom stereocenters. The first-order valence-corrected chi connectivity index (χ1v) is 7.67. The zero-order chi connectivity index (χ0) is 19.3. The Balaban J connectivity index is 2.04. The largest absolute Gasteiger partial charge is 0.416 e. The molecule has 0 fully saturated rings. The fourth-order valence-corrected chi connectivity index (χ4v) is 2.39. The normalized spacial score (nSPS) is 13.0. The van der Waals surface area contributed by atoms with E-state index in [4.69, 9.17) is 5.73 Å². The molecule has 0 amide bonds. The minimum Gasteiger partial charge on any atom is -0.357 e. The van der Waals surface area contributed by atoms with Gasteiger partial charge in [0, 0.05) is 6.04 Å². The van der Waals surface area contributed by atoms with Crippen molar-refractivity contribution in [3.05, 3.63) is 84.1 Å². The third kappa shape index (κ3) is 4.92. The quantitative estimate of drug-likeness (QED) is 0.676. The molecular weight excluding hydrogens is 351 g/mol. The Morgan fingerprint density at radius 2 is 1.69 bits per heavy atom. The van der Waals surface area contributed by atoms with E-state index in [-0.39, 0.29) is 23.2 Å². The Kier molecular flexibility index (Phi) is 6.15. The summed E-state index contributed by atoms with van der Waals surface area (Å²) >= 11 is 0. The number of anilines is 1. The predicted molar refractivity (Wildman–Crippen MR) is 92.2 cm³/mol. The van der Waals surface area contributed by atoms with Crippen molar-refractivity contribution in [1.82, 2.24) is 0 Å². The molecule has 2 nitrogen and oxygen atoms in total. The van der Waals surface area contributed by atoms with Crippen molar-refractivity contribution < 1.29 is 22.0 Å². The minimum atomic E-state index is -4.50. The van der Waals surface area contributed by atoms with E-state index in [9.17, 15) is 22.0 Å². The van der Waals surface area contributed by atoms with E-state index in [2.05, 4.69) is 11.9 Å². The maximum absolute atomic E-state index is 13.5. The number of alkyl halides is 3. The van der Waals surface area contributed by atoms with Crippen LogP contribution < -0.4 is 11.1 Å². The van der Waals surface area contributed by atoms with E-state index in [1.165, 1.54) is 36.5 Å². The van der Waals surface area contributed by atoms with Crippen LogP contribution in [0.2, 0.25) is 0 Å². The lowest BCUT2D eigenvalue weighted by Gasteiger charge is -2.16. The smallest absolute Gasteiger partial charge is 0.357 e. The molecule has 2 aromatic rings. The average molecular weight is 368 g/mol. The molecule has 2 aromatic carbocycles. The van der Waals surface area contributed by atoms with Gasteiger partial charge in [-0.25, -0.2) is 8.78 Å². The number of nitrogens with one attached hydrogen (secondary N) is 1. The highest BCUT2D eigenvalue weighted by molar-refractivity contribution is 5.67. The third-order valence-corrected chi connectivity index (χ3v) is 3.63. The van der Waals surface area contributed by atoms with Crippen LogP contribution >= 0.6 is 0 Å². The van der Waals surface area contributed by atoms with Crippen molar-refractivity contribution in [2.75, 3.05) is 5.32 Å². The van der Waals surface area contributed by atoms with Gasteiger partial charge in [0.15, 0.2) is 0 Å². The molecule has 0 aliphatic carbocycles. The first-order valence-electron chi connectivity index (χ1n) is 7.67. The standard InChI is InChI=1S/C19H17F5N2/c1-12(14-5-2-3-6-15(14)19(22,23)24)11-13(25)9-10-26-18-16(20)7-4-8-17(18)21/h2-10,13,26H,1,11,25H2/b10-9-. The van der Waals surface area contributed by atoms with Crippen molar-refractivity contribution in [3.63, 3.8) is 0 Å². The first-order chi connectivity index (χ1) is 12.2. The zero-order valence-electron chi connectivity index (χ0n) is 13.7.